The number of para-hydroxylation sites is 2. The van der Waals surface area contributed by atoms with E-state index in [2.05, 4.69) is 9.97 Å². The normalized spacial score (nSPS) is 11.5. The van der Waals surface area contributed by atoms with Gasteiger partial charge in [-0.15, -0.1) is 0 Å². The molecule has 0 atom stereocenters. The number of imidazole rings is 1. The van der Waals surface area contributed by atoms with Crippen LogP contribution in [0.1, 0.15) is 18.7 Å². The zero-order valence-corrected chi connectivity index (χ0v) is 15.5. The summed E-state index contributed by atoms with van der Waals surface area (Å²) < 4.78 is 17.1. The highest BCUT2D eigenvalue weighted by Gasteiger charge is 2.16. The van der Waals surface area contributed by atoms with E-state index in [1.165, 1.54) is 11.6 Å². The lowest BCUT2D eigenvalue weighted by molar-refractivity contribution is 0.446. The second-order valence-electron chi connectivity index (χ2n) is 6.67. The average Bonchev–Trinajstić information content (AvgIpc) is 3.07. The number of unbranched alkanes of at least 4 members (excludes halogenated alkanes) is 1. The number of halogens is 1. The van der Waals surface area contributed by atoms with Gasteiger partial charge in [0.15, 0.2) is 0 Å². The Kier molecular flexibility index (Phi) is 4.77. The van der Waals surface area contributed by atoms with Gasteiger partial charge < -0.3 is 4.57 Å². The molecule has 0 spiro atoms. The Morgan fingerprint density at radius 1 is 1.04 bits per heavy atom. The molecular weight excluding hydrogens is 361 g/mol. The van der Waals surface area contributed by atoms with Gasteiger partial charge in [-0.3, -0.25) is 18.3 Å². The topological polar surface area (TPSA) is 74.7 Å². The molecule has 7 nitrogen and oxygen atoms in total. The van der Waals surface area contributed by atoms with Gasteiger partial charge in [0, 0.05) is 19.8 Å². The number of pyridine rings is 1. The molecule has 0 aliphatic carbocycles. The molecule has 0 amide bonds. The minimum absolute atomic E-state index is 0.171. The second-order valence-corrected chi connectivity index (χ2v) is 6.67. The number of nitrogens with zero attached hydrogens (tertiary/aromatic N) is 5. The Bertz CT molecular complexity index is 1270. The molecule has 0 bridgehead atoms. The van der Waals surface area contributed by atoms with E-state index in [-0.39, 0.29) is 18.8 Å². The summed E-state index contributed by atoms with van der Waals surface area (Å²) in [5.41, 5.74) is 1.26. The molecule has 0 fully saturated rings. The first kappa shape index (κ1) is 18.1. The average molecular weight is 381 g/mol. The van der Waals surface area contributed by atoms with Crippen molar-refractivity contribution >= 4 is 22.1 Å². The molecule has 0 saturated carbocycles. The monoisotopic (exact) mass is 381 g/mol. The number of benzene rings is 1. The summed E-state index contributed by atoms with van der Waals surface area (Å²) >= 11 is 0. The Morgan fingerprint density at radius 3 is 2.68 bits per heavy atom. The molecule has 0 saturated heterocycles. The summed E-state index contributed by atoms with van der Waals surface area (Å²) in [5.74, 6) is 0.674. The van der Waals surface area contributed by atoms with Crippen LogP contribution in [-0.4, -0.2) is 30.3 Å². The summed E-state index contributed by atoms with van der Waals surface area (Å²) in [6.45, 7) is 0.410. The van der Waals surface area contributed by atoms with Gasteiger partial charge in [0.25, 0.3) is 5.56 Å². The van der Waals surface area contributed by atoms with E-state index in [0.29, 0.717) is 36.2 Å². The van der Waals surface area contributed by atoms with Crippen molar-refractivity contribution in [2.24, 2.45) is 7.05 Å². The van der Waals surface area contributed by atoms with Gasteiger partial charge >= 0.3 is 5.69 Å². The van der Waals surface area contributed by atoms with Crippen molar-refractivity contribution in [3.63, 3.8) is 0 Å². The highest BCUT2D eigenvalue weighted by molar-refractivity contribution is 5.76. The third kappa shape index (κ3) is 3.00. The van der Waals surface area contributed by atoms with E-state index in [1.807, 2.05) is 28.8 Å². The van der Waals surface area contributed by atoms with Crippen LogP contribution in [0.4, 0.5) is 4.39 Å². The summed E-state index contributed by atoms with van der Waals surface area (Å²) in [6.07, 6.45) is 2.70. The predicted molar refractivity (Wildman–Crippen MR) is 105 cm³/mol. The van der Waals surface area contributed by atoms with Gasteiger partial charge in [-0.25, -0.2) is 14.8 Å². The minimum atomic E-state index is -0.446. The number of alkyl halides is 1. The summed E-state index contributed by atoms with van der Waals surface area (Å²) in [7, 11) is 1.46. The fraction of sp³-hybridized carbons (Fsp3) is 0.300. The Labute approximate surface area is 159 Å². The first-order chi connectivity index (χ1) is 13.6. The van der Waals surface area contributed by atoms with E-state index in [0.717, 1.165) is 15.6 Å². The van der Waals surface area contributed by atoms with Crippen LogP contribution in [0.5, 0.6) is 0 Å². The van der Waals surface area contributed by atoms with Crippen LogP contribution in [0.25, 0.3) is 22.1 Å². The van der Waals surface area contributed by atoms with Gasteiger partial charge in [-0.2, -0.15) is 0 Å². The van der Waals surface area contributed by atoms with Gasteiger partial charge in [0.05, 0.1) is 29.6 Å². The number of aromatic nitrogens is 5. The lowest BCUT2D eigenvalue weighted by atomic mass is 10.3. The largest absolute Gasteiger partial charge is 0.332 e. The van der Waals surface area contributed by atoms with Gasteiger partial charge in [-0.05, 0) is 37.1 Å². The molecular formula is C20H20FN5O2. The molecule has 0 N–H and O–H groups in total. The van der Waals surface area contributed by atoms with Crippen molar-refractivity contribution < 1.29 is 4.39 Å². The molecule has 144 valence electrons. The van der Waals surface area contributed by atoms with E-state index in [9.17, 15) is 14.0 Å². The molecule has 3 aromatic heterocycles. The van der Waals surface area contributed by atoms with E-state index < -0.39 is 5.69 Å². The number of rotatable bonds is 6. The van der Waals surface area contributed by atoms with Crippen molar-refractivity contribution in [1.29, 1.82) is 0 Å². The maximum absolute atomic E-state index is 12.8. The molecule has 4 aromatic rings. The van der Waals surface area contributed by atoms with Gasteiger partial charge in [0.2, 0.25) is 0 Å². The fourth-order valence-corrected chi connectivity index (χ4v) is 3.46. The van der Waals surface area contributed by atoms with E-state index >= 15 is 0 Å². The van der Waals surface area contributed by atoms with Gasteiger partial charge in [-0.1, -0.05) is 12.1 Å². The summed E-state index contributed by atoms with van der Waals surface area (Å²) in [6, 6.07) is 11.0. The van der Waals surface area contributed by atoms with E-state index in [4.69, 9.17) is 0 Å². The molecule has 0 aliphatic heterocycles. The molecule has 0 aliphatic rings. The molecule has 8 heteroatoms. The molecule has 0 unspecified atom stereocenters. The number of hydrogen-bond acceptors (Lipinski definition) is 4. The Hall–Kier alpha value is -3.29. The SMILES string of the molecule is Cn1c(=O)c2cccnc2n(Cc2nc3ccccc3n2CCCCF)c1=O. The molecule has 4 rings (SSSR count). The molecule has 3 heterocycles. The zero-order valence-electron chi connectivity index (χ0n) is 15.5. The quantitative estimate of drug-likeness (QED) is 0.480. The van der Waals surface area contributed by atoms with Gasteiger partial charge in [0.1, 0.15) is 11.5 Å². The third-order valence-electron chi connectivity index (χ3n) is 4.89. The summed E-state index contributed by atoms with van der Waals surface area (Å²) in [5, 5.41) is 0.379. The van der Waals surface area contributed by atoms with Crippen molar-refractivity contribution in [3.8, 4) is 0 Å². The van der Waals surface area contributed by atoms with E-state index in [1.54, 1.807) is 18.3 Å². The predicted octanol–water partition coefficient (Wildman–Crippen LogP) is 2.24. The molecule has 0 radical (unpaired) electrons. The van der Waals surface area contributed by atoms with Crippen LogP contribution in [0, 0.1) is 0 Å². The zero-order chi connectivity index (χ0) is 19.7. The molecule has 28 heavy (non-hydrogen) atoms. The van der Waals surface area contributed by atoms with Crippen LogP contribution in [0.3, 0.4) is 0 Å². The van der Waals surface area contributed by atoms with Crippen LogP contribution in [0.2, 0.25) is 0 Å². The maximum Gasteiger partial charge on any atom is 0.332 e. The number of hydrogen-bond donors (Lipinski definition) is 0. The van der Waals surface area contributed by atoms with Crippen LogP contribution in [0.15, 0.2) is 52.2 Å². The van der Waals surface area contributed by atoms with Crippen molar-refractivity contribution in [3.05, 3.63) is 69.3 Å². The minimum Gasteiger partial charge on any atom is -0.326 e. The lowest BCUT2D eigenvalue weighted by Crippen LogP contribution is -2.39. The van der Waals surface area contributed by atoms with Crippen LogP contribution >= 0.6 is 0 Å². The molecule has 1 aromatic carbocycles. The Morgan fingerprint density at radius 2 is 1.86 bits per heavy atom. The summed E-state index contributed by atoms with van der Waals surface area (Å²) in [4.78, 5) is 34.1. The fourth-order valence-electron chi connectivity index (χ4n) is 3.46. The van der Waals surface area contributed by atoms with Crippen LogP contribution < -0.4 is 11.2 Å². The number of fused-ring (bicyclic) bond motifs is 2. The highest BCUT2D eigenvalue weighted by Crippen LogP contribution is 2.18. The maximum atomic E-state index is 12.8. The standard InChI is InChI=1S/C20H20FN5O2/c1-24-19(27)14-7-6-11-22-18(14)26(20(24)28)13-17-23-15-8-2-3-9-16(15)25(17)12-5-4-10-21/h2-3,6-9,11H,4-5,10,12-13H2,1H3. The number of aryl methyl sites for hydroxylation is 1. The Balaban J connectivity index is 1.88. The van der Waals surface area contributed by atoms with Crippen molar-refractivity contribution in [2.75, 3.05) is 6.67 Å². The van der Waals surface area contributed by atoms with Crippen molar-refractivity contribution in [2.45, 2.75) is 25.9 Å². The second kappa shape index (κ2) is 7.38. The van der Waals surface area contributed by atoms with Crippen LogP contribution in [-0.2, 0) is 20.1 Å². The first-order valence-electron chi connectivity index (χ1n) is 9.16. The highest BCUT2D eigenvalue weighted by atomic mass is 19.1. The van der Waals surface area contributed by atoms with Crippen molar-refractivity contribution in [1.82, 2.24) is 23.7 Å². The third-order valence-corrected chi connectivity index (χ3v) is 4.89. The first-order valence-corrected chi connectivity index (χ1v) is 9.16. The smallest absolute Gasteiger partial charge is 0.326 e. The lowest BCUT2D eigenvalue weighted by Gasteiger charge is -2.13.